The highest BCUT2D eigenvalue weighted by Gasteiger charge is 2.47. The first-order valence-corrected chi connectivity index (χ1v) is 14.3. The number of nitrogens with two attached hydrogens (primary N) is 3. The predicted molar refractivity (Wildman–Crippen MR) is 158 cm³/mol. The molecule has 0 bridgehead atoms. The number of nitrogens with one attached hydrogen (secondary N) is 1. The van der Waals surface area contributed by atoms with Crippen molar-refractivity contribution in [2.24, 2.45) is 17.3 Å². The molecule has 15 heteroatoms. The first-order valence-electron chi connectivity index (χ1n) is 13.4. The molecule has 8 atom stereocenters. The van der Waals surface area contributed by atoms with Gasteiger partial charge in [0.15, 0.2) is 0 Å². The van der Waals surface area contributed by atoms with Gasteiger partial charge in [-0.25, -0.2) is 14.6 Å². The minimum Gasteiger partial charge on any atom is -0.397 e. The highest BCUT2D eigenvalue weighted by Crippen LogP contribution is 2.34. The van der Waals surface area contributed by atoms with E-state index < -0.39 is 72.3 Å². The Morgan fingerprint density at radius 1 is 1.07 bits per heavy atom. The maximum Gasteiger partial charge on any atom is 0.134 e. The van der Waals surface area contributed by atoms with Crippen molar-refractivity contribution in [1.82, 2.24) is 10.3 Å². The molecule has 3 rings (SSSR count). The van der Waals surface area contributed by atoms with Crippen molar-refractivity contribution < 1.29 is 43.8 Å². The second-order valence-corrected chi connectivity index (χ2v) is 11.2. The zero-order valence-electron chi connectivity index (χ0n) is 23.4. The number of nitrogens with zero attached hydrogens (tertiary/aromatic N) is 1. The van der Waals surface area contributed by atoms with Gasteiger partial charge in [0.1, 0.15) is 53.0 Å². The van der Waals surface area contributed by atoms with Gasteiger partial charge in [-0.3, -0.25) is 0 Å². The van der Waals surface area contributed by atoms with Gasteiger partial charge in [0.05, 0.1) is 37.3 Å². The number of rotatable bonds is 14. The molecule has 12 nitrogen and oxygen atoms in total. The molecule has 0 radical (unpaired) electrons. The Morgan fingerprint density at radius 2 is 1.67 bits per heavy atom. The average Bonchev–Trinajstić information content (AvgIpc) is 2.96. The first kappa shape index (κ1) is 34.5. The van der Waals surface area contributed by atoms with Gasteiger partial charge in [-0.1, -0.05) is 36.0 Å². The summed E-state index contributed by atoms with van der Waals surface area (Å²) in [6.07, 6.45) is -3.56. The topological polar surface area (TPSA) is 213 Å². The van der Waals surface area contributed by atoms with E-state index in [-0.39, 0.29) is 17.9 Å². The van der Waals surface area contributed by atoms with Gasteiger partial charge >= 0.3 is 0 Å². The molecule has 1 heterocycles. The SMILES string of the molecule is CC(O)C(CO)OC(CN/C=C(\N)c1cccc(F)c1)SC1OC(CO)C(O)C(N(N)/C=C(\N)c2cccc(F)c2)C1O. The van der Waals surface area contributed by atoms with E-state index in [2.05, 4.69) is 5.32 Å². The molecular formula is C28H39F2N5O7S. The van der Waals surface area contributed by atoms with E-state index in [4.69, 9.17) is 26.8 Å². The van der Waals surface area contributed by atoms with E-state index in [0.29, 0.717) is 11.1 Å². The number of benzene rings is 2. The third kappa shape index (κ3) is 9.50. The Labute approximate surface area is 252 Å². The second-order valence-electron chi connectivity index (χ2n) is 9.92. The first-order chi connectivity index (χ1) is 20.4. The van der Waals surface area contributed by atoms with Crippen molar-refractivity contribution >= 4 is 23.2 Å². The minimum absolute atomic E-state index is 0.00621. The van der Waals surface area contributed by atoms with Gasteiger partial charge in [-0.2, -0.15) is 0 Å². The van der Waals surface area contributed by atoms with E-state index in [0.717, 1.165) is 16.8 Å². The number of aliphatic hydroxyl groups excluding tert-OH is 5. The van der Waals surface area contributed by atoms with E-state index in [1.165, 1.54) is 55.7 Å². The van der Waals surface area contributed by atoms with Gasteiger partial charge in [0.2, 0.25) is 0 Å². The smallest absolute Gasteiger partial charge is 0.134 e. The van der Waals surface area contributed by atoms with Gasteiger partial charge in [0.25, 0.3) is 0 Å². The van der Waals surface area contributed by atoms with Crippen molar-refractivity contribution in [2.75, 3.05) is 19.8 Å². The third-order valence-corrected chi connectivity index (χ3v) is 7.91. The molecule has 2 aromatic rings. The summed E-state index contributed by atoms with van der Waals surface area (Å²) in [5, 5.41) is 55.7. The average molecular weight is 628 g/mol. The van der Waals surface area contributed by atoms with Gasteiger partial charge in [-0.05, 0) is 31.2 Å². The monoisotopic (exact) mass is 627 g/mol. The molecule has 0 aliphatic carbocycles. The molecule has 8 unspecified atom stereocenters. The molecule has 0 spiro atoms. The lowest BCUT2D eigenvalue weighted by Crippen LogP contribution is -2.64. The summed E-state index contributed by atoms with van der Waals surface area (Å²) in [4.78, 5) is 0. The predicted octanol–water partition coefficient (Wildman–Crippen LogP) is -0.430. The molecule has 1 aliphatic heterocycles. The van der Waals surface area contributed by atoms with E-state index in [1.54, 1.807) is 12.1 Å². The summed E-state index contributed by atoms with van der Waals surface area (Å²) in [5.41, 5.74) is 11.1. The number of aliphatic hydroxyl groups is 5. The van der Waals surface area contributed by atoms with Crippen LogP contribution in [0.1, 0.15) is 18.1 Å². The Bertz CT molecular complexity index is 1240. The van der Waals surface area contributed by atoms with Crippen LogP contribution in [-0.2, 0) is 9.47 Å². The molecule has 0 saturated carbocycles. The molecule has 238 valence electrons. The molecule has 43 heavy (non-hydrogen) atoms. The van der Waals surface area contributed by atoms with E-state index >= 15 is 0 Å². The lowest BCUT2D eigenvalue weighted by Gasteiger charge is -2.45. The van der Waals surface area contributed by atoms with Crippen molar-refractivity contribution in [2.45, 2.75) is 54.4 Å². The Balaban J connectivity index is 1.81. The third-order valence-electron chi connectivity index (χ3n) is 6.67. The number of thioether (sulfide) groups is 1. The fourth-order valence-corrected chi connectivity index (χ4v) is 5.55. The number of hydrogen-bond acceptors (Lipinski definition) is 13. The van der Waals surface area contributed by atoms with Crippen molar-refractivity contribution in [3.63, 3.8) is 0 Å². The van der Waals surface area contributed by atoms with Gasteiger partial charge in [-0.15, -0.1) is 0 Å². The highest BCUT2D eigenvalue weighted by atomic mass is 32.2. The number of halogens is 2. The molecule has 2 aromatic carbocycles. The van der Waals surface area contributed by atoms with Gasteiger partial charge in [0, 0.05) is 23.5 Å². The van der Waals surface area contributed by atoms with Crippen LogP contribution in [0.5, 0.6) is 0 Å². The Kier molecular flexibility index (Phi) is 13.0. The largest absolute Gasteiger partial charge is 0.397 e. The van der Waals surface area contributed by atoms with Crippen LogP contribution in [0.25, 0.3) is 11.4 Å². The molecule has 0 aromatic heterocycles. The van der Waals surface area contributed by atoms with Crippen LogP contribution in [0.3, 0.4) is 0 Å². The van der Waals surface area contributed by atoms with Crippen molar-refractivity contribution in [1.29, 1.82) is 0 Å². The zero-order valence-corrected chi connectivity index (χ0v) is 24.2. The summed E-state index contributed by atoms with van der Waals surface area (Å²) < 4.78 is 38.9. The summed E-state index contributed by atoms with van der Waals surface area (Å²) in [6, 6.07) is 9.88. The quantitative estimate of drug-likeness (QED) is 0.0740. The van der Waals surface area contributed by atoms with Crippen LogP contribution in [0.2, 0.25) is 0 Å². The van der Waals surface area contributed by atoms with Crippen LogP contribution in [-0.4, -0.2) is 97.7 Å². The van der Waals surface area contributed by atoms with Crippen LogP contribution in [0, 0.1) is 11.6 Å². The van der Waals surface area contributed by atoms with Crippen molar-refractivity contribution in [3.05, 3.63) is 83.7 Å². The maximum atomic E-state index is 13.7. The standard InChI is InChI=1S/C28H39F2N5O7S/c1-15(38)22(13-36)41-24(11-34-10-20(31)16-4-2-6-18(29)8-16)43-28-27(40)25(26(39)23(14-37)42-28)35(33)12-21(32)17-5-3-7-19(30)9-17/h2-10,12,15,22-28,34,36-40H,11,13-14,31-33H2,1H3/b20-10-,21-12-. The fraction of sp³-hybridized carbons (Fsp3) is 0.429. The lowest BCUT2D eigenvalue weighted by molar-refractivity contribution is -0.184. The van der Waals surface area contributed by atoms with Crippen LogP contribution in [0.15, 0.2) is 60.9 Å². The Hall–Kier alpha value is -2.99. The Morgan fingerprint density at radius 3 is 2.21 bits per heavy atom. The van der Waals surface area contributed by atoms with Gasteiger partial charge < -0.3 is 56.8 Å². The van der Waals surface area contributed by atoms with Crippen LogP contribution >= 0.6 is 11.8 Å². The molecule has 0 amide bonds. The fourth-order valence-electron chi connectivity index (χ4n) is 4.32. The zero-order chi connectivity index (χ0) is 31.7. The van der Waals surface area contributed by atoms with Crippen molar-refractivity contribution in [3.8, 4) is 0 Å². The maximum absolute atomic E-state index is 13.7. The van der Waals surface area contributed by atoms with Crippen LogP contribution in [0.4, 0.5) is 8.78 Å². The summed E-state index contributed by atoms with van der Waals surface area (Å²) in [6.45, 7) is 0.291. The highest BCUT2D eigenvalue weighted by molar-refractivity contribution is 8.00. The van der Waals surface area contributed by atoms with E-state index in [1.807, 2.05) is 0 Å². The van der Waals surface area contributed by atoms with E-state index in [9.17, 15) is 34.3 Å². The lowest BCUT2D eigenvalue weighted by atomic mass is 9.96. The van der Waals surface area contributed by atoms with Crippen LogP contribution < -0.4 is 22.6 Å². The summed E-state index contributed by atoms with van der Waals surface area (Å²) >= 11 is 0.929. The number of hydrazine groups is 1. The minimum atomic E-state index is -1.48. The summed E-state index contributed by atoms with van der Waals surface area (Å²) in [7, 11) is 0. The second kappa shape index (κ2) is 16.2. The summed E-state index contributed by atoms with van der Waals surface area (Å²) in [5.74, 6) is 5.21. The molecule has 12 N–H and O–H groups in total. The molecule has 1 fully saturated rings. The normalized spacial score (nSPS) is 25.2. The molecule has 1 aliphatic rings. The molecule has 1 saturated heterocycles. The number of hydrogen-bond donors (Lipinski definition) is 9. The number of ether oxygens (including phenoxy) is 2. The molecular weight excluding hydrogens is 588 g/mol.